The third kappa shape index (κ3) is 4.39. The number of benzene rings is 2. The van der Waals surface area contributed by atoms with Crippen LogP contribution in [0.2, 0.25) is 0 Å². The number of imidazole rings is 1. The summed E-state index contributed by atoms with van der Waals surface area (Å²) < 4.78 is 25.7. The Morgan fingerprint density at radius 1 is 1.13 bits per heavy atom. The largest absolute Gasteiger partial charge is 0.493 e. The Labute approximate surface area is 183 Å². The van der Waals surface area contributed by atoms with Gasteiger partial charge in [-0.25, -0.2) is 9.37 Å². The van der Waals surface area contributed by atoms with Gasteiger partial charge in [0.25, 0.3) is 0 Å². The van der Waals surface area contributed by atoms with E-state index in [9.17, 15) is 9.18 Å². The summed E-state index contributed by atoms with van der Waals surface area (Å²) in [6.45, 7) is 2.42. The summed E-state index contributed by atoms with van der Waals surface area (Å²) in [4.78, 5) is 19.0. The van der Waals surface area contributed by atoms with Gasteiger partial charge in [-0.3, -0.25) is 9.20 Å². The number of hydrogen-bond donors (Lipinski definition) is 1. The molecule has 0 aliphatic carbocycles. The molecule has 4 aromatic rings. The van der Waals surface area contributed by atoms with Crippen molar-refractivity contribution in [1.82, 2.24) is 14.7 Å². The molecule has 1 amide bonds. The molecule has 2 aromatic heterocycles. The maximum absolute atomic E-state index is 13.2. The number of aryl methyl sites for hydroxylation is 1. The number of carbonyl (C=O) groups is 1. The molecule has 0 radical (unpaired) electrons. The van der Waals surface area contributed by atoms with E-state index in [4.69, 9.17) is 9.47 Å². The minimum absolute atomic E-state index is 0.0790. The summed E-state index contributed by atoms with van der Waals surface area (Å²) >= 11 is 1.53. The van der Waals surface area contributed by atoms with Crippen LogP contribution in [0.5, 0.6) is 11.5 Å². The van der Waals surface area contributed by atoms with Crippen molar-refractivity contribution >= 4 is 22.2 Å². The van der Waals surface area contributed by atoms with Crippen LogP contribution in [0, 0.1) is 12.7 Å². The van der Waals surface area contributed by atoms with Crippen LogP contribution in [-0.2, 0) is 17.8 Å². The predicted molar refractivity (Wildman–Crippen MR) is 118 cm³/mol. The zero-order valence-electron chi connectivity index (χ0n) is 17.4. The fourth-order valence-electron chi connectivity index (χ4n) is 3.34. The van der Waals surface area contributed by atoms with Gasteiger partial charge < -0.3 is 14.8 Å². The first-order valence-corrected chi connectivity index (χ1v) is 10.5. The fourth-order valence-corrected chi connectivity index (χ4v) is 4.38. The van der Waals surface area contributed by atoms with E-state index in [0.717, 1.165) is 32.4 Å². The second kappa shape index (κ2) is 8.77. The van der Waals surface area contributed by atoms with Crippen LogP contribution in [0.3, 0.4) is 0 Å². The number of fused-ring (bicyclic) bond motifs is 1. The van der Waals surface area contributed by atoms with Crippen LogP contribution in [0.1, 0.15) is 16.1 Å². The number of ether oxygens (including phenoxy) is 2. The number of carbonyl (C=O) groups excluding carboxylic acids is 1. The van der Waals surface area contributed by atoms with Crippen molar-refractivity contribution in [1.29, 1.82) is 0 Å². The van der Waals surface area contributed by atoms with Crippen molar-refractivity contribution in [3.05, 3.63) is 70.6 Å². The number of rotatable bonds is 7. The van der Waals surface area contributed by atoms with E-state index < -0.39 is 0 Å². The summed E-state index contributed by atoms with van der Waals surface area (Å²) in [5, 5.41) is 2.97. The predicted octanol–water partition coefficient (Wildman–Crippen LogP) is 4.39. The summed E-state index contributed by atoms with van der Waals surface area (Å²) in [7, 11) is 3.15. The lowest BCUT2D eigenvalue weighted by atomic mass is 10.1. The normalized spacial score (nSPS) is 11.0. The van der Waals surface area contributed by atoms with Crippen molar-refractivity contribution < 1.29 is 18.7 Å². The Bertz CT molecular complexity index is 1230. The average Bonchev–Trinajstić information content (AvgIpc) is 3.32. The van der Waals surface area contributed by atoms with Gasteiger partial charge in [-0.05, 0) is 48.9 Å². The van der Waals surface area contributed by atoms with Crippen molar-refractivity contribution in [2.75, 3.05) is 14.2 Å². The number of amides is 1. The summed E-state index contributed by atoms with van der Waals surface area (Å²) in [5.74, 6) is 0.876. The summed E-state index contributed by atoms with van der Waals surface area (Å²) in [6, 6.07) is 11.7. The van der Waals surface area contributed by atoms with Gasteiger partial charge in [-0.1, -0.05) is 17.4 Å². The van der Waals surface area contributed by atoms with Crippen LogP contribution in [0.25, 0.3) is 16.2 Å². The lowest BCUT2D eigenvalue weighted by molar-refractivity contribution is -0.120. The maximum Gasteiger partial charge on any atom is 0.224 e. The quantitative estimate of drug-likeness (QED) is 0.464. The van der Waals surface area contributed by atoms with Gasteiger partial charge in [0, 0.05) is 22.3 Å². The van der Waals surface area contributed by atoms with Crippen LogP contribution < -0.4 is 14.8 Å². The highest BCUT2D eigenvalue weighted by Crippen LogP contribution is 2.28. The van der Waals surface area contributed by atoms with Gasteiger partial charge in [0.15, 0.2) is 16.5 Å². The summed E-state index contributed by atoms with van der Waals surface area (Å²) in [5.41, 5.74) is 3.52. The Morgan fingerprint density at radius 3 is 2.55 bits per heavy atom. The molecule has 0 fully saturated rings. The van der Waals surface area contributed by atoms with Crippen LogP contribution in [-0.4, -0.2) is 29.5 Å². The van der Waals surface area contributed by atoms with Crippen LogP contribution >= 0.6 is 11.3 Å². The summed E-state index contributed by atoms with van der Waals surface area (Å²) in [6.07, 6.45) is 2.18. The molecule has 0 saturated carbocycles. The number of aromatic nitrogens is 2. The van der Waals surface area contributed by atoms with Crippen LogP contribution in [0.15, 0.2) is 48.7 Å². The number of hydrogen-bond acceptors (Lipinski definition) is 5. The molecule has 0 saturated heterocycles. The topological polar surface area (TPSA) is 64.9 Å². The van der Waals surface area contributed by atoms with E-state index >= 15 is 0 Å². The van der Waals surface area contributed by atoms with E-state index in [0.29, 0.717) is 18.0 Å². The second-order valence-electron chi connectivity index (χ2n) is 7.04. The lowest BCUT2D eigenvalue weighted by Crippen LogP contribution is -2.24. The molecule has 2 heterocycles. The highest BCUT2D eigenvalue weighted by Gasteiger charge is 2.14. The lowest BCUT2D eigenvalue weighted by Gasteiger charge is -2.10. The Morgan fingerprint density at radius 2 is 1.87 bits per heavy atom. The fraction of sp³-hybridized carbons (Fsp3) is 0.217. The third-order valence-electron chi connectivity index (χ3n) is 5.05. The van der Waals surface area contributed by atoms with Gasteiger partial charge in [0.1, 0.15) is 5.82 Å². The number of nitrogens with zero attached hydrogens (tertiary/aromatic N) is 2. The first-order valence-electron chi connectivity index (χ1n) is 9.69. The molecule has 31 heavy (non-hydrogen) atoms. The molecule has 0 aliphatic rings. The molecular weight excluding hydrogens is 417 g/mol. The van der Waals surface area contributed by atoms with Gasteiger partial charge in [-0.2, -0.15) is 0 Å². The smallest absolute Gasteiger partial charge is 0.224 e. The van der Waals surface area contributed by atoms with E-state index in [2.05, 4.69) is 10.3 Å². The number of thiazole rings is 1. The van der Waals surface area contributed by atoms with Gasteiger partial charge in [0.2, 0.25) is 5.91 Å². The minimum Gasteiger partial charge on any atom is -0.493 e. The van der Waals surface area contributed by atoms with E-state index in [1.54, 1.807) is 38.5 Å². The average molecular weight is 440 g/mol. The van der Waals surface area contributed by atoms with Crippen molar-refractivity contribution in [2.24, 2.45) is 0 Å². The van der Waals surface area contributed by atoms with Crippen LogP contribution in [0.4, 0.5) is 4.39 Å². The molecule has 0 aliphatic heterocycles. The van der Waals surface area contributed by atoms with Crippen molar-refractivity contribution in [3.63, 3.8) is 0 Å². The van der Waals surface area contributed by atoms with E-state index in [1.807, 2.05) is 23.6 Å². The Hall–Kier alpha value is -3.39. The molecule has 2 aromatic carbocycles. The van der Waals surface area contributed by atoms with E-state index in [1.165, 1.54) is 23.5 Å². The highest BCUT2D eigenvalue weighted by atomic mass is 32.1. The number of methoxy groups -OCH3 is 2. The monoisotopic (exact) mass is 439 g/mol. The van der Waals surface area contributed by atoms with Crippen molar-refractivity contribution in [2.45, 2.75) is 19.9 Å². The molecule has 0 unspecified atom stereocenters. The van der Waals surface area contributed by atoms with Gasteiger partial charge in [0.05, 0.1) is 32.9 Å². The first-order chi connectivity index (χ1) is 15.0. The molecule has 160 valence electrons. The number of halogens is 1. The first kappa shape index (κ1) is 20.9. The zero-order chi connectivity index (χ0) is 22.0. The SMILES string of the molecule is COc1ccc(CC(=O)NCc2sc3nc(-c4ccc(F)cc4)cn3c2C)cc1OC. The molecule has 4 rings (SSSR count). The van der Waals surface area contributed by atoms with Gasteiger partial charge >= 0.3 is 0 Å². The molecule has 0 atom stereocenters. The molecule has 0 bridgehead atoms. The van der Waals surface area contributed by atoms with E-state index in [-0.39, 0.29) is 18.1 Å². The third-order valence-corrected chi connectivity index (χ3v) is 6.21. The van der Waals surface area contributed by atoms with Gasteiger partial charge in [-0.15, -0.1) is 0 Å². The Kier molecular flexibility index (Phi) is 5.90. The minimum atomic E-state index is -0.271. The maximum atomic E-state index is 13.2. The molecule has 1 N–H and O–H groups in total. The molecule has 8 heteroatoms. The molecular formula is C23H22FN3O3S. The zero-order valence-corrected chi connectivity index (χ0v) is 18.3. The standard InChI is InChI=1S/C23H22FN3O3S/c1-14-21(12-25-22(28)11-15-4-9-19(29-2)20(10-15)30-3)31-23-26-18(13-27(14)23)16-5-7-17(24)8-6-16/h4-10,13H,11-12H2,1-3H3,(H,25,28). The molecule has 6 nitrogen and oxygen atoms in total. The van der Waals surface area contributed by atoms with Crippen molar-refractivity contribution in [3.8, 4) is 22.8 Å². The highest BCUT2D eigenvalue weighted by molar-refractivity contribution is 7.17. The second-order valence-corrected chi connectivity index (χ2v) is 8.10. The number of nitrogens with one attached hydrogen (secondary N) is 1. The molecule has 0 spiro atoms. The Balaban J connectivity index is 1.43.